The summed E-state index contributed by atoms with van der Waals surface area (Å²) in [4.78, 5) is 10.7. The Labute approximate surface area is 347 Å². The monoisotopic (exact) mass is 751 g/mol. The van der Waals surface area contributed by atoms with Gasteiger partial charge >= 0.3 is 0 Å². The third-order valence-corrected chi connectivity index (χ3v) is 12.9. The van der Waals surface area contributed by atoms with E-state index in [1.807, 2.05) is 84.9 Å². The van der Waals surface area contributed by atoms with Crippen molar-refractivity contribution in [1.82, 2.24) is 9.13 Å². The molecule has 8 aromatic rings. The van der Waals surface area contributed by atoms with Gasteiger partial charge < -0.3 is 20.0 Å². The fourth-order valence-corrected chi connectivity index (χ4v) is 10.1. The van der Waals surface area contributed by atoms with Crippen LogP contribution in [-0.4, -0.2) is 78.2 Å². The molecule has 6 aromatic carbocycles. The molecule has 12 radical (unpaired) electrons. The summed E-state index contributed by atoms with van der Waals surface area (Å²) in [7, 11) is 40.4. The van der Waals surface area contributed by atoms with Gasteiger partial charge in [0.15, 0.2) is 5.84 Å². The Bertz CT molecular complexity index is 3170. The van der Waals surface area contributed by atoms with E-state index in [1.165, 1.54) is 11.8 Å². The number of aliphatic imine (C=N–C) groups is 2. The molecule has 0 amide bonds. The summed E-state index contributed by atoms with van der Waals surface area (Å²) in [6.45, 7) is 0.208. The largest absolute Gasteiger partial charge is 0.508 e. The lowest BCUT2D eigenvalue weighted by molar-refractivity contribution is 0.469. The van der Waals surface area contributed by atoms with E-state index >= 15 is 0 Å². The maximum atomic E-state index is 11.3. The van der Waals surface area contributed by atoms with Crippen molar-refractivity contribution in [2.75, 3.05) is 0 Å². The van der Waals surface area contributed by atoms with Crippen LogP contribution in [0, 0.1) is 0 Å². The molecular weight excluding hydrogens is 723 g/mol. The zero-order chi connectivity index (χ0) is 40.0. The molecule has 10 rings (SSSR count). The molecule has 13 heteroatoms. The number of rotatable bonds is 5. The second-order valence-electron chi connectivity index (χ2n) is 14.5. The van der Waals surface area contributed by atoms with Crippen LogP contribution in [0.4, 0.5) is 0 Å². The maximum Gasteiger partial charge on any atom is 0.158 e. The van der Waals surface area contributed by atoms with E-state index in [9.17, 15) is 5.11 Å². The van der Waals surface area contributed by atoms with Gasteiger partial charge in [0.25, 0.3) is 0 Å². The van der Waals surface area contributed by atoms with Gasteiger partial charge in [-0.25, -0.2) is 9.98 Å². The highest BCUT2D eigenvalue weighted by Crippen LogP contribution is 2.56. The van der Waals surface area contributed by atoms with Gasteiger partial charge in [0.2, 0.25) is 0 Å². The van der Waals surface area contributed by atoms with Crippen LogP contribution in [0.2, 0.25) is 0 Å². The molecule has 1 aliphatic heterocycles. The van der Waals surface area contributed by atoms with E-state index in [0.717, 1.165) is 54.7 Å². The van der Waals surface area contributed by atoms with E-state index < -0.39 is 11.2 Å². The molecule has 262 valence electrons. The van der Waals surface area contributed by atoms with Crippen molar-refractivity contribution in [3.63, 3.8) is 0 Å². The van der Waals surface area contributed by atoms with E-state index in [1.54, 1.807) is 0 Å². The molecule has 0 bridgehead atoms. The normalized spacial score (nSPS) is 17.2. The Morgan fingerprint density at radius 3 is 1.91 bits per heavy atom. The predicted molar refractivity (Wildman–Crippen MR) is 247 cm³/mol. The number of amidine groups is 2. The molecule has 6 nitrogen and oxygen atoms in total. The molecule has 0 spiro atoms. The van der Waals surface area contributed by atoms with Crippen LogP contribution in [0.1, 0.15) is 22.6 Å². The Kier molecular flexibility index (Phi) is 8.71. The van der Waals surface area contributed by atoms with Crippen molar-refractivity contribution >= 4 is 136 Å². The predicted octanol–water partition coefficient (Wildman–Crippen LogP) is 4.96. The third kappa shape index (κ3) is 5.36. The number of phenols is 1. The first-order valence-corrected chi connectivity index (χ1v) is 19.6. The lowest BCUT2D eigenvalue weighted by Crippen LogP contribution is -2.40. The summed E-state index contributed by atoms with van der Waals surface area (Å²) < 4.78 is 4.33. The van der Waals surface area contributed by atoms with Crippen molar-refractivity contribution < 1.29 is 5.11 Å². The molecule has 0 saturated carbocycles. The Hall–Kier alpha value is -5.92. The van der Waals surface area contributed by atoms with Crippen molar-refractivity contribution in [1.29, 1.82) is 0 Å². The number of thioether (sulfide) groups is 1. The minimum atomic E-state index is -0.580. The number of allylic oxidation sites excluding steroid dienone is 3. The van der Waals surface area contributed by atoms with Crippen LogP contribution in [0.3, 0.4) is 0 Å². The van der Waals surface area contributed by atoms with Gasteiger partial charge in [-0.15, -0.1) is 22.7 Å². The zero-order valence-electron chi connectivity index (χ0n) is 31.1. The van der Waals surface area contributed by atoms with Crippen LogP contribution < -0.4 is 22.1 Å². The molecule has 0 fully saturated rings. The summed E-state index contributed by atoms with van der Waals surface area (Å²) in [5, 5.41) is 14.9. The average Bonchev–Trinajstić information content (AvgIpc) is 3.92. The minimum Gasteiger partial charge on any atom is -0.508 e. The summed E-state index contributed by atoms with van der Waals surface area (Å²) in [5.74, 6) is 0.107. The summed E-state index contributed by atoms with van der Waals surface area (Å²) >= 11 is 1.40. The lowest BCUT2D eigenvalue weighted by Gasteiger charge is -2.34. The molecule has 0 saturated heterocycles. The molecule has 3 heterocycles. The fourth-order valence-electron chi connectivity index (χ4n) is 8.63. The third-order valence-electron chi connectivity index (χ3n) is 11.4. The second-order valence-corrected chi connectivity index (χ2v) is 15.7. The Morgan fingerprint density at radius 1 is 0.638 bits per heavy atom. The smallest absolute Gasteiger partial charge is 0.158 e. The molecule has 2 aromatic heterocycles. The van der Waals surface area contributed by atoms with Gasteiger partial charge in [-0.3, -0.25) is 0 Å². The molecule has 58 heavy (non-hydrogen) atoms. The van der Waals surface area contributed by atoms with Crippen molar-refractivity contribution in [3.8, 4) is 5.75 Å². The molecule has 1 aliphatic carbocycles. The van der Waals surface area contributed by atoms with E-state index in [0.29, 0.717) is 38.8 Å². The van der Waals surface area contributed by atoms with Crippen molar-refractivity contribution in [3.05, 3.63) is 154 Å². The van der Waals surface area contributed by atoms with Gasteiger partial charge in [0.05, 0.1) is 22.1 Å². The average molecular weight is 751 g/mol. The van der Waals surface area contributed by atoms with Gasteiger partial charge in [-0.2, -0.15) is 0 Å². The van der Waals surface area contributed by atoms with Gasteiger partial charge in [0, 0.05) is 60.0 Å². The van der Waals surface area contributed by atoms with Crippen LogP contribution in [0.5, 0.6) is 5.75 Å². The summed E-state index contributed by atoms with van der Waals surface area (Å²) in [6.07, 6.45) is 0. The topological polar surface area (TPSA) is 80.8 Å². The summed E-state index contributed by atoms with van der Waals surface area (Å²) in [5.41, 5.74) is 14.4. The lowest BCUT2D eigenvalue weighted by atomic mass is 9.60. The Balaban J connectivity index is 1.24. The molecule has 2 unspecified atom stereocenters. The van der Waals surface area contributed by atoms with Crippen LogP contribution >= 0.6 is 11.8 Å². The molecule has 2 atom stereocenters. The second kappa shape index (κ2) is 13.9. The maximum absolute atomic E-state index is 11.3. The van der Waals surface area contributed by atoms with Crippen LogP contribution in [-0.2, 0) is 6.67 Å². The number of aromatic hydroxyl groups is 1. The van der Waals surface area contributed by atoms with Crippen molar-refractivity contribution in [2.45, 2.75) is 22.7 Å². The van der Waals surface area contributed by atoms with Crippen LogP contribution in [0.25, 0.3) is 49.3 Å². The van der Waals surface area contributed by atoms with Gasteiger partial charge in [-0.05, 0) is 12.1 Å². The molecular formula is C45H27B6N5OS. The number of aromatic nitrogens is 2. The first-order valence-electron chi connectivity index (χ1n) is 18.7. The van der Waals surface area contributed by atoms with E-state index in [-0.39, 0.29) is 34.3 Å². The summed E-state index contributed by atoms with van der Waals surface area (Å²) in [6, 6.07) is 40.2. The van der Waals surface area contributed by atoms with Crippen LogP contribution in [0.15, 0.2) is 153 Å². The minimum absolute atomic E-state index is 0.00126. The number of phenolic OH excluding ortho intramolecular Hbond substituents is 1. The highest BCUT2D eigenvalue weighted by atomic mass is 32.2. The number of hydrogen-bond donors (Lipinski definition) is 2. The van der Waals surface area contributed by atoms with Gasteiger partial charge in [0.1, 0.15) is 65.3 Å². The number of fused-ring (bicyclic) bond motifs is 10. The number of nitrogens with zero attached hydrogens (tertiary/aromatic N) is 4. The van der Waals surface area contributed by atoms with E-state index in [2.05, 4.69) is 45.5 Å². The SMILES string of the molecule is [B]C1=C([B])C2c3c(O)c([B])c([B])c([B])c3SC2C([B])=C1n1c2ccccc2c2ccc3c4ccccc4n(CN=C(N=C(N)c4ccccc4)c4ccccc4)c3c21. The van der Waals surface area contributed by atoms with Gasteiger partial charge in [-0.1, -0.05) is 131 Å². The Morgan fingerprint density at radius 2 is 1.22 bits per heavy atom. The number of benzene rings is 6. The number of hydrogen-bond acceptors (Lipinski definition) is 3. The quantitative estimate of drug-likeness (QED) is 0.149. The number of para-hydroxylation sites is 2. The first kappa shape index (κ1) is 36.4. The standard InChI is InChI=1S/C45H27B6N5OS/c46-32-30-31-41(57)35(49)33(47)36(50)43(31)58-42(30)37(51)40(34(32)48)56-29-18-10-8-16-25(29)27-20-19-26-24-15-7-9-17-28(24)55(38(26)39(27)56)21-53-45(23-13-5-2-6-14-23)54-44(52)22-11-3-1-4-12-22/h1-20,30,42,57H,21H2,(H2,52,53,54). The fraction of sp³-hybridized carbons (Fsp3) is 0.0667. The zero-order valence-corrected chi connectivity index (χ0v) is 31.9. The van der Waals surface area contributed by atoms with E-state index in [4.69, 9.17) is 62.8 Å². The highest BCUT2D eigenvalue weighted by Gasteiger charge is 2.43. The molecule has 2 aliphatic rings. The van der Waals surface area contributed by atoms with Crippen molar-refractivity contribution in [2.24, 2.45) is 15.7 Å². The number of nitrogens with two attached hydrogens (primary N) is 1. The molecule has 3 N–H and O–H groups in total. The highest BCUT2D eigenvalue weighted by molar-refractivity contribution is 8.00. The first-order chi connectivity index (χ1) is 28.2.